The van der Waals surface area contributed by atoms with E-state index in [9.17, 15) is 0 Å². The third-order valence-electron chi connectivity index (χ3n) is 2.80. The normalized spacial score (nSPS) is 10.9. The highest BCUT2D eigenvalue weighted by atomic mass is 32.1. The number of hydrogen-bond acceptors (Lipinski definition) is 2. The lowest BCUT2D eigenvalue weighted by atomic mass is 10.1. The molecule has 0 saturated heterocycles. The number of rotatable bonds is 5. The molecule has 4 heteroatoms. The number of benzene rings is 1. The van der Waals surface area contributed by atoms with Crippen molar-refractivity contribution >= 4 is 28.1 Å². The van der Waals surface area contributed by atoms with Crippen LogP contribution in [-0.2, 0) is 11.3 Å². The van der Waals surface area contributed by atoms with Crippen molar-refractivity contribution in [2.24, 2.45) is 5.73 Å². The largest absolute Gasteiger partial charge is 0.389 e. The van der Waals surface area contributed by atoms with Crippen molar-refractivity contribution in [2.75, 3.05) is 13.7 Å². The van der Waals surface area contributed by atoms with Gasteiger partial charge in [0.05, 0.1) is 0 Å². The molecule has 1 aromatic carbocycles. The van der Waals surface area contributed by atoms with Crippen molar-refractivity contribution in [2.45, 2.75) is 13.0 Å². The molecule has 0 spiro atoms. The Hall–Kier alpha value is -1.39. The average molecular weight is 248 g/mol. The van der Waals surface area contributed by atoms with Crippen molar-refractivity contribution in [3.05, 3.63) is 36.0 Å². The zero-order chi connectivity index (χ0) is 12.3. The van der Waals surface area contributed by atoms with Crippen LogP contribution in [0.1, 0.15) is 12.0 Å². The lowest BCUT2D eigenvalue weighted by molar-refractivity contribution is 0.190. The Balaban J connectivity index is 2.25. The SMILES string of the molecule is COCCCn1ccc2cc(C(N)=S)ccc21. The van der Waals surface area contributed by atoms with Crippen LogP contribution in [0.3, 0.4) is 0 Å². The number of nitrogens with zero attached hydrogens (tertiary/aromatic N) is 1. The highest BCUT2D eigenvalue weighted by Gasteiger charge is 2.03. The molecule has 0 atom stereocenters. The molecule has 0 amide bonds. The van der Waals surface area contributed by atoms with E-state index in [0.717, 1.165) is 25.1 Å². The maximum absolute atomic E-state index is 5.62. The first-order valence-corrected chi connectivity index (χ1v) is 6.01. The van der Waals surface area contributed by atoms with Crippen LogP contribution in [-0.4, -0.2) is 23.3 Å². The standard InChI is InChI=1S/C13H16N2OS/c1-16-8-2-6-15-7-5-10-9-11(13(14)17)3-4-12(10)15/h3-5,7,9H,2,6,8H2,1H3,(H2,14,17). The third-order valence-corrected chi connectivity index (χ3v) is 3.04. The Labute approximate surface area is 106 Å². The Kier molecular flexibility index (Phi) is 3.76. The molecule has 0 aliphatic heterocycles. The fourth-order valence-corrected chi connectivity index (χ4v) is 2.05. The van der Waals surface area contributed by atoms with Crippen molar-refractivity contribution in [3.8, 4) is 0 Å². The van der Waals surface area contributed by atoms with Crippen LogP contribution < -0.4 is 5.73 Å². The summed E-state index contributed by atoms with van der Waals surface area (Å²) in [6.45, 7) is 1.74. The number of aryl methyl sites for hydroxylation is 1. The number of thiocarbonyl (C=S) groups is 1. The van der Waals surface area contributed by atoms with E-state index in [2.05, 4.69) is 22.9 Å². The van der Waals surface area contributed by atoms with Crippen molar-refractivity contribution in [1.82, 2.24) is 4.57 Å². The molecule has 0 saturated carbocycles. The van der Waals surface area contributed by atoms with Crippen LogP contribution in [0.2, 0.25) is 0 Å². The van der Waals surface area contributed by atoms with Gasteiger partial charge in [-0.25, -0.2) is 0 Å². The summed E-state index contributed by atoms with van der Waals surface area (Å²) in [4.78, 5) is 0.444. The van der Waals surface area contributed by atoms with E-state index in [1.165, 1.54) is 10.9 Å². The molecule has 0 radical (unpaired) electrons. The van der Waals surface area contributed by atoms with Crippen molar-refractivity contribution < 1.29 is 4.74 Å². The summed E-state index contributed by atoms with van der Waals surface area (Å²) in [5, 5.41) is 1.17. The molecule has 17 heavy (non-hydrogen) atoms. The summed E-state index contributed by atoms with van der Waals surface area (Å²) in [6.07, 6.45) is 3.10. The fraction of sp³-hybridized carbons (Fsp3) is 0.308. The number of methoxy groups -OCH3 is 1. The van der Waals surface area contributed by atoms with Crippen molar-refractivity contribution in [1.29, 1.82) is 0 Å². The molecule has 2 aromatic rings. The van der Waals surface area contributed by atoms with Crippen molar-refractivity contribution in [3.63, 3.8) is 0 Å². The maximum Gasteiger partial charge on any atom is 0.104 e. The number of fused-ring (bicyclic) bond motifs is 1. The van der Waals surface area contributed by atoms with E-state index < -0.39 is 0 Å². The molecule has 1 aromatic heterocycles. The van der Waals surface area contributed by atoms with Crippen LogP contribution >= 0.6 is 12.2 Å². The molecule has 0 aliphatic carbocycles. The minimum absolute atomic E-state index is 0.444. The second-order valence-corrected chi connectivity index (χ2v) is 4.43. The van der Waals surface area contributed by atoms with Gasteiger partial charge in [0.1, 0.15) is 4.99 Å². The van der Waals surface area contributed by atoms with Crippen LogP contribution in [0.5, 0.6) is 0 Å². The predicted octanol–water partition coefficient (Wildman–Crippen LogP) is 2.31. The monoisotopic (exact) mass is 248 g/mol. The summed E-state index contributed by atoms with van der Waals surface area (Å²) >= 11 is 4.97. The first-order chi connectivity index (χ1) is 8.22. The second kappa shape index (κ2) is 5.29. The average Bonchev–Trinajstić information content (AvgIpc) is 2.72. The minimum Gasteiger partial charge on any atom is -0.389 e. The Morgan fingerprint density at radius 1 is 1.41 bits per heavy atom. The van der Waals surface area contributed by atoms with E-state index >= 15 is 0 Å². The van der Waals surface area contributed by atoms with Gasteiger partial charge in [-0.05, 0) is 30.7 Å². The molecule has 0 fully saturated rings. The van der Waals surface area contributed by atoms with Crippen LogP contribution in [0.25, 0.3) is 10.9 Å². The summed E-state index contributed by atoms with van der Waals surface area (Å²) < 4.78 is 7.28. The molecular weight excluding hydrogens is 232 g/mol. The second-order valence-electron chi connectivity index (χ2n) is 3.99. The maximum atomic E-state index is 5.62. The summed E-state index contributed by atoms with van der Waals surface area (Å²) in [6, 6.07) is 8.16. The zero-order valence-electron chi connectivity index (χ0n) is 9.85. The third kappa shape index (κ3) is 2.65. The quantitative estimate of drug-likeness (QED) is 0.652. The van der Waals surface area contributed by atoms with Crippen LogP contribution in [0, 0.1) is 0 Å². The van der Waals surface area contributed by atoms with Crippen LogP contribution in [0.15, 0.2) is 30.5 Å². The molecule has 0 unspecified atom stereocenters. The summed E-state index contributed by atoms with van der Waals surface area (Å²) in [5.74, 6) is 0. The fourth-order valence-electron chi connectivity index (χ4n) is 1.93. The van der Waals surface area contributed by atoms with Gasteiger partial charge in [-0.1, -0.05) is 12.2 Å². The van der Waals surface area contributed by atoms with Gasteiger partial charge in [0.25, 0.3) is 0 Å². The van der Waals surface area contributed by atoms with Gasteiger partial charge in [-0.3, -0.25) is 0 Å². The number of hydrogen-bond donors (Lipinski definition) is 1. The molecule has 0 bridgehead atoms. The van der Waals surface area contributed by atoms with Gasteiger partial charge < -0.3 is 15.0 Å². The zero-order valence-corrected chi connectivity index (χ0v) is 10.7. The molecule has 2 N–H and O–H groups in total. The molecule has 0 aliphatic rings. The first kappa shape index (κ1) is 12.1. The highest BCUT2D eigenvalue weighted by molar-refractivity contribution is 7.80. The summed E-state index contributed by atoms with van der Waals surface area (Å²) in [7, 11) is 1.72. The van der Waals surface area contributed by atoms with Gasteiger partial charge in [0.15, 0.2) is 0 Å². The lowest BCUT2D eigenvalue weighted by Crippen LogP contribution is -2.08. The molecule has 2 rings (SSSR count). The highest BCUT2D eigenvalue weighted by Crippen LogP contribution is 2.18. The van der Waals surface area contributed by atoms with Gasteiger partial charge in [-0.2, -0.15) is 0 Å². The minimum atomic E-state index is 0.444. The lowest BCUT2D eigenvalue weighted by Gasteiger charge is -2.05. The summed E-state index contributed by atoms with van der Waals surface area (Å²) in [5.41, 5.74) is 7.75. The molecule has 3 nitrogen and oxygen atoms in total. The van der Waals surface area contributed by atoms with E-state index in [-0.39, 0.29) is 0 Å². The number of nitrogens with two attached hydrogens (primary N) is 1. The van der Waals surface area contributed by atoms with E-state index in [0.29, 0.717) is 4.99 Å². The van der Waals surface area contributed by atoms with Crippen LogP contribution in [0.4, 0.5) is 0 Å². The number of aromatic nitrogens is 1. The van der Waals surface area contributed by atoms with Gasteiger partial charge >= 0.3 is 0 Å². The van der Waals surface area contributed by atoms with Gasteiger partial charge in [0.2, 0.25) is 0 Å². The van der Waals surface area contributed by atoms with E-state index in [4.69, 9.17) is 22.7 Å². The smallest absolute Gasteiger partial charge is 0.104 e. The first-order valence-electron chi connectivity index (χ1n) is 5.60. The van der Waals surface area contributed by atoms with Gasteiger partial charge in [-0.15, -0.1) is 0 Å². The van der Waals surface area contributed by atoms with E-state index in [1.54, 1.807) is 7.11 Å². The Morgan fingerprint density at radius 2 is 2.24 bits per heavy atom. The van der Waals surface area contributed by atoms with Gasteiger partial charge in [0, 0.05) is 42.9 Å². The number of ether oxygens (including phenoxy) is 1. The molecular formula is C13H16N2OS. The topological polar surface area (TPSA) is 40.2 Å². The van der Waals surface area contributed by atoms with E-state index in [1.807, 2.05) is 12.1 Å². The Morgan fingerprint density at radius 3 is 2.94 bits per heavy atom. The molecule has 90 valence electrons. The molecule has 1 heterocycles. The Bertz CT molecular complexity index is 533. The predicted molar refractivity (Wildman–Crippen MR) is 74.3 cm³/mol.